The predicted octanol–water partition coefficient (Wildman–Crippen LogP) is 2.23. The maximum absolute atomic E-state index is 11.0. The van der Waals surface area contributed by atoms with Gasteiger partial charge in [-0.05, 0) is 18.2 Å². The quantitative estimate of drug-likeness (QED) is 0.803. The van der Waals surface area contributed by atoms with Crippen LogP contribution in [-0.4, -0.2) is 12.5 Å². The van der Waals surface area contributed by atoms with Crippen molar-refractivity contribution in [2.24, 2.45) is 0 Å². The number of carbonyl (C=O) groups is 1. The van der Waals surface area contributed by atoms with Crippen molar-refractivity contribution in [3.05, 3.63) is 28.2 Å². The normalized spacial score (nSPS) is 15.9. The lowest BCUT2D eigenvalue weighted by Gasteiger charge is -2.18. The largest absolute Gasteiger partial charge is 0.283 e. The Kier molecular flexibility index (Phi) is 2.52. The Morgan fingerprint density at radius 1 is 1.36 bits per heavy atom. The summed E-state index contributed by atoms with van der Waals surface area (Å²) in [6, 6.07) is 5.16. The highest BCUT2D eigenvalue weighted by atomic mass is 35.5. The van der Waals surface area contributed by atoms with Gasteiger partial charge in [-0.15, -0.1) is 0 Å². The minimum atomic E-state index is 0.000965. The van der Waals surface area contributed by atoms with Crippen LogP contribution in [0.1, 0.15) is 6.42 Å². The molecule has 1 aromatic carbocycles. The van der Waals surface area contributed by atoms with Gasteiger partial charge < -0.3 is 0 Å². The molecule has 0 aliphatic carbocycles. The number of halogens is 2. The number of hydrogen-bond acceptors (Lipinski definition) is 2. The van der Waals surface area contributed by atoms with Crippen molar-refractivity contribution in [3.8, 4) is 0 Å². The molecule has 5 heteroatoms. The van der Waals surface area contributed by atoms with E-state index in [9.17, 15) is 4.79 Å². The van der Waals surface area contributed by atoms with Gasteiger partial charge in [-0.2, -0.15) is 0 Å². The Hall–Kier alpha value is -0.930. The molecular formula is C9H8Cl2N2O. The maximum atomic E-state index is 11.0. The molecule has 0 spiro atoms. The Morgan fingerprint density at radius 3 is 2.79 bits per heavy atom. The highest BCUT2D eigenvalue weighted by molar-refractivity contribution is 6.35. The second kappa shape index (κ2) is 3.67. The average Bonchev–Trinajstić information content (AvgIpc) is 2.56. The number of nitrogens with one attached hydrogen (secondary N) is 1. The average molecular weight is 231 g/mol. The van der Waals surface area contributed by atoms with Gasteiger partial charge in [0.05, 0.1) is 10.7 Å². The van der Waals surface area contributed by atoms with E-state index in [1.165, 1.54) is 0 Å². The number of hydrogen-bond donors (Lipinski definition) is 1. The Labute approximate surface area is 91.6 Å². The number of nitrogens with zero attached hydrogens (tertiary/aromatic N) is 1. The zero-order chi connectivity index (χ0) is 10.1. The van der Waals surface area contributed by atoms with Crippen LogP contribution in [0, 0.1) is 0 Å². The zero-order valence-electron chi connectivity index (χ0n) is 7.26. The summed E-state index contributed by atoms with van der Waals surface area (Å²) in [6.07, 6.45) is 0.489. The first kappa shape index (κ1) is 9.62. The summed E-state index contributed by atoms with van der Waals surface area (Å²) >= 11 is 11.8. The van der Waals surface area contributed by atoms with E-state index in [1.54, 1.807) is 23.2 Å². The second-order valence-corrected chi connectivity index (χ2v) is 3.88. The fourth-order valence-corrected chi connectivity index (χ4v) is 1.73. The molecule has 0 atom stereocenters. The zero-order valence-corrected chi connectivity index (χ0v) is 8.77. The smallest absolute Gasteiger partial charge is 0.240 e. The lowest BCUT2D eigenvalue weighted by atomic mass is 10.3. The Balaban J connectivity index is 2.31. The Bertz CT molecular complexity index is 381. The minimum absolute atomic E-state index is 0.000965. The van der Waals surface area contributed by atoms with Crippen LogP contribution in [0.4, 0.5) is 5.69 Å². The van der Waals surface area contributed by atoms with Gasteiger partial charge in [0.1, 0.15) is 0 Å². The molecular weight excluding hydrogens is 223 g/mol. The van der Waals surface area contributed by atoms with Crippen molar-refractivity contribution < 1.29 is 4.79 Å². The maximum Gasteiger partial charge on any atom is 0.240 e. The van der Waals surface area contributed by atoms with Crippen LogP contribution in [0.2, 0.25) is 10.0 Å². The van der Waals surface area contributed by atoms with Gasteiger partial charge in [-0.3, -0.25) is 15.2 Å². The van der Waals surface area contributed by atoms with Crippen LogP contribution in [0.25, 0.3) is 0 Å². The molecule has 1 aliphatic rings. The molecule has 1 fully saturated rings. The number of anilines is 1. The lowest BCUT2D eigenvalue weighted by molar-refractivity contribution is -0.119. The number of carbonyl (C=O) groups excluding carboxylic acids is 1. The van der Waals surface area contributed by atoms with Crippen LogP contribution in [0.15, 0.2) is 18.2 Å². The van der Waals surface area contributed by atoms with Gasteiger partial charge in [0.25, 0.3) is 0 Å². The van der Waals surface area contributed by atoms with E-state index >= 15 is 0 Å². The van der Waals surface area contributed by atoms with Crippen LogP contribution in [0.5, 0.6) is 0 Å². The van der Waals surface area contributed by atoms with E-state index < -0.39 is 0 Å². The first-order chi connectivity index (χ1) is 6.66. The van der Waals surface area contributed by atoms with Gasteiger partial charge >= 0.3 is 0 Å². The summed E-state index contributed by atoms with van der Waals surface area (Å²) < 4.78 is 0. The van der Waals surface area contributed by atoms with Gasteiger partial charge in [-0.1, -0.05) is 23.2 Å². The first-order valence-electron chi connectivity index (χ1n) is 4.19. The third-order valence-electron chi connectivity index (χ3n) is 2.02. The van der Waals surface area contributed by atoms with E-state index in [0.717, 1.165) is 5.69 Å². The van der Waals surface area contributed by atoms with Crippen LogP contribution >= 0.6 is 23.2 Å². The van der Waals surface area contributed by atoms with Crippen molar-refractivity contribution in [1.29, 1.82) is 0 Å². The van der Waals surface area contributed by atoms with Crippen LogP contribution in [0.3, 0.4) is 0 Å². The predicted molar refractivity (Wildman–Crippen MR) is 56.6 cm³/mol. The van der Waals surface area contributed by atoms with Crippen LogP contribution in [-0.2, 0) is 4.79 Å². The highest BCUT2D eigenvalue weighted by Gasteiger charge is 2.20. The summed E-state index contributed by atoms with van der Waals surface area (Å²) in [4.78, 5) is 11.0. The number of benzene rings is 1. The molecule has 0 radical (unpaired) electrons. The molecule has 1 amide bonds. The molecule has 74 valence electrons. The molecule has 3 nitrogen and oxygen atoms in total. The molecule has 2 rings (SSSR count). The first-order valence-corrected chi connectivity index (χ1v) is 4.94. The van der Waals surface area contributed by atoms with Gasteiger partial charge in [0, 0.05) is 18.0 Å². The lowest BCUT2D eigenvalue weighted by Crippen LogP contribution is -2.33. The van der Waals surface area contributed by atoms with Crippen molar-refractivity contribution in [2.45, 2.75) is 6.42 Å². The Morgan fingerprint density at radius 2 is 2.14 bits per heavy atom. The fraction of sp³-hybridized carbons (Fsp3) is 0.222. The number of hydrazine groups is 1. The minimum Gasteiger partial charge on any atom is -0.283 e. The van der Waals surface area contributed by atoms with Gasteiger partial charge in [0.2, 0.25) is 5.91 Å². The van der Waals surface area contributed by atoms with Gasteiger partial charge in [-0.25, -0.2) is 0 Å². The number of amides is 1. The highest BCUT2D eigenvalue weighted by Crippen LogP contribution is 2.29. The van der Waals surface area contributed by atoms with Crippen molar-refractivity contribution in [1.82, 2.24) is 5.43 Å². The second-order valence-electron chi connectivity index (χ2n) is 3.03. The van der Waals surface area contributed by atoms with Crippen LogP contribution < -0.4 is 10.4 Å². The third kappa shape index (κ3) is 1.79. The van der Waals surface area contributed by atoms with E-state index in [0.29, 0.717) is 23.0 Å². The van der Waals surface area contributed by atoms with Crippen molar-refractivity contribution in [3.63, 3.8) is 0 Å². The summed E-state index contributed by atoms with van der Waals surface area (Å²) in [5.74, 6) is 0.000965. The summed E-state index contributed by atoms with van der Waals surface area (Å²) in [5, 5.41) is 2.89. The summed E-state index contributed by atoms with van der Waals surface area (Å²) in [5.41, 5.74) is 3.43. The van der Waals surface area contributed by atoms with E-state index in [4.69, 9.17) is 23.2 Å². The molecule has 0 saturated carbocycles. The van der Waals surface area contributed by atoms with Crippen molar-refractivity contribution >= 4 is 34.8 Å². The molecule has 14 heavy (non-hydrogen) atoms. The molecule has 1 aromatic rings. The molecule has 1 N–H and O–H groups in total. The molecule has 0 bridgehead atoms. The molecule has 0 unspecified atom stereocenters. The fourth-order valence-electron chi connectivity index (χ4n) is 1.35. The molecule has 0 aromatic heterocycles. The van der Waals surface area contributed by atoms with Crippen molar-refractivity contribution in [2.75, 3.05) is 11.6 Å². The monoisotopic (exact) mass is 230 g/mol. The van der Waals surface area contributed by atoms with Gasteiger partial charge in [0.15, 0.2) is 0 Å². The molecule has 1 saturated heterocycles. The third-order valence-corrected chi connectivity index (χ3v) is 2.58. The number of rotatable bonds is 1. The van der Waals surface area contributed by atoms with E-state index in [2.05, 4.69) is 5.43 Å². The topological polar surface area (TPSA) is 32.3 Å². The molecule has 1 heterocycles. The van der Waals surface area contributed by atoms with E-state index in [1.807, 2.05) is 0 Å². The molecule has 1 aliphatic heterocycles. The SMILES string of the molecule is O=C1CCN(c2cc(Cl)ccc2Cl)N1. The summed E-state index contributed by atoms with van der Waals surface area (Å²) in [7, 11) is 0. The summed E-state index contributed by atoms with van der Waals surface area (Å²) in [6.45, 7) is 0.624. The van der Waals surface area contributed by atoms with E-state index in [-0.39, 0.29) is 5.91 Å². The standard InChI is InChI=1S/C9H8Cl2N2O/c10-6-1-2-7(11)8(5-6)13-4-3-9(14)12-13/h1-2,5H,3-4H2,(H,12,14).